The second-order valence-electron chi connectivity index (χ2n) is 5.25. The molecule has 1 heterocycles. The largest absolute Gasteiger partial charge is 0.439 e. The molecule has 0 saturated carbocycles. The van der Waals surface area contributed by atoms with Crippen LogP contribution in [-0.4, -0.2) is 22.9 Å². The molecular weight excluding hydrogens is 266 g/mol. The van der Waals surface area contributed by atoms with Gasteiger partial charge in [-0.1, -0.05) is 36.4 Å². The van der Waals surface area contributed by atoms with Gasteiger partial charge >= 0.3 is 6.09 Å². The van der Waals surface area contributed by atoms with Gasteiger partial charge in [-0.3, -0.25) is 4.79 Å². The van der Waals surface area contributed by atoms with E-state index in [1.807, 2.05) is 43.3 Å². The molecule has 0 aliphatic carbocycles. The summed E-state index contributed by atoms with van der Waals surface area (Å²) in [4.78, 5) is 25.4. The predicted molar refractivity (Wildman–Crippen MR) is 80.6 cm³/mol. The third kappa shape index (κ3) is 3.51. The molecule has 1 aromatic rings. The van der Waals surface area contributed by atoms with Gasteiger partial charge in [0, 0.05) is 6.42 Å². The van der Waals surface area contributed by atoms with Crippen LogP contribution in [0, 0.1) is 0 Å². The summed E-state index contributed by atoms with van der Waals surface area (Å²) in [5.74, 6) is -0.157. The highest BCUT2D eigenvalue weighted by Gasteiger charge is 2.42. The number of amides is 2. The molecule has 2 atom stereocenters. The molecule has 2 amide bonds. The van der Waals surface area contributed by atoms with Gasteiger partial charge in [-0.05, 0) is 31.7 Å². The summed E-state index contributed by atoms with van der Waals surface area (Å²) in [5.41, 5.74) is 0.917. The fourth-order valence-electron chi connectivity index (χ4n) is 2.57. The molecule has 1 saturated heterocycles. The molecular formula is C17H21NO3. The Hall–Kier alpha value is -2.10. The van der Waals surface area contributed by atoms with E-state index in [0.717, 1.165) is 24.8 Å². The van der Waals surface area contributed by atoms with Gasteiger partial charge in [-0.15, -0.1) is 6.58 Å². The van der Waals surface area contributed by atoms with E-state index in [1.165, 1.54) is 4.90 Å². The fraction of sp³-hybridized carbons (Fsp3) is 0.412. The van der Waals surface area contributed by atoms with Gasteiger partial charge in [0.1, 0.15) is 6.10 Å². The second kappa shape index (κ2) is 7.07. The zero-order valence-electron chi connectivity index (χ0n) is 12.3. The summed E-state index contributed by atoms with van der Waals surface area (Å²) < 4.78 is 5.37. The molecule has 1 aliphatic heterocycles. The standard InChI is InChI=1S/C17H21NO3/c1-3-4-5-9-12-15(19)18-13(2)16(21-17(18)20)14-10-7-6-8-11-14/h3,6-8,10-11,13,16H,1,4-5,9,12H2,2H3/t13-,16-/m1/s1. The molecule has 1 aromatic carbocycles. The Kier molecular flexibility index (Phi) is 5.14. The molecule has 0 aromatic heterocycles. The third-order valence-corrected chi connectivity index (χ3v) is 3.72. The second-order valence-corrected chi connectivity index (χ2v) is 5.25. The molecule has 0 N–H and O–H groups in total. The van der Waals surface area contributed by atoms with Crippen molar-refractivity contribution in [2.24, 2.45) is 0 Å². The van der Waals surface area contributed by atoms with E-state index in [9.17, 15) is 9.59 Å². The highest BCUT2D eigenvalue weighted by Crippen LogP contribution is 2.32. The van der Waals surface area contributed by atoms with Crippen molar-refractivity contribution in [1.29, 1.82) is 0 Å². The number of ether oxygens (including phenoxy) is 1. The lowest BCUT2D eigenvalue weighted by Gasteiger charge is -2.19. The van der Waals surface area contributed by atoms with E-state index in [2.05, 4.69) is 6.58 Å². The number of rotatable bonds is 6. The van der Waals surface area contributed by atoms with Crippen molar-refractivity contribution in [3.8, 4) is 0 Å². The van der Waals surface area contributed by atoms with E-state index >= 15 is 0 Å². The van der Waals surface area contributed by atoms with Gasteiger partial charge < -0.3 is 4.74 Å². The Labute approximate surface area is 125 Å². The number of unbranched alkanes of at least 4 members (excludes halogenated alkanes) is 2. The zero-order valence-corrected chi connectivity index (χ0v) is 12.3. The summed E-state index contributed by atoms with van der Waals surface area (Å²) in [6.45, 7) is 5.50. The average molecular weight is 287 g/mol. The number of imide groups is 1. The Balaban J connectivity index is 1.99. The number of benzene rings is 1. The molecule has 112 valence electrons. The van der Waals surface area contributed by atoms with Crippen molar-refractivity contribution in [3.05, 3.63) is 48.6 Å². The summed E-state index contributed by atoms with van der Waals surface area (Å²) in [5, 5.41) is 0. The van der Waals surface area contributed by atoms with Gasteiger partial charge in [-0.2, -0.15) is 0 Å². The van der Waals surface area contributed by atoms with Crippen LogP contribution in [0.3, 0.4) is 0 Å². The number of carbonyl (C=O) groups excluding carboxylic acids is 2. The van der Waals surface area contributed by atoms with Crippen LogP contribution in [0.15, 0.2) is 43.0 Å². The number of cyclic esters (lactones) is 1. The summed E-state index contributed by atoms with van der Waals surface area (Å²) in [6, 6.07) is 9.25. The SMILES string of the molecule is C=CCCCCC(=O)N1C(=O)O[C@@H](c2ccccc2)[C@H]1C. The maximum atomic E-state index is 12.2. The van der Waals surface area contributed by atoms with Crippen LogP contribution in [0.25, 0.3) is 0 Å². The third-order valence-electron chi connectivity index (χ3n) is 3.72. The van der Waals surface area contributed by atoms with Gasteiger partial charge in [0.25, 0.3) is 0 Å². The predicted octanol–water partition coefficient (Wildman–Crippen LogP) is 3.84. The lowest BCUT2D eigenvalue weighted by molar-refractivity contribution is -0.129. The van der Waals surface area contributed by atoms with E-state index in [4.69, 9.17) is 4.74 Å². The van der Waals surface area contributed by atoms with Crippen LogP contribution in [0.5, 0.6) is 0 Å². The summed E-state index contributed by atoms with van der Waals surface area (Å²) in [7, 11) is 0. The van der Waals surface area contributed by atoms with Crippen LogP contribution in [0.2, 0.25) is 0 Å². The minimum atomic E-state index is -0.537. The molecule has 0 spiro atoms. The molecule has 0 unspecified atom stereocenters. The maximum absolute atomic E-state index is 12.2. The minimum absolute atomic E-state index is 0.157. The van der Waals surface area contributed by atoms with Crippen molar-refractivity contribution in [3.63, 3.8) is 0 Å². The lowest BCUT2D eigenvalue weighted by atomic mass is 10.0. The van der Waals surface area contributed by atoms with Gasteiger partial charge in [0.05, 0.1) is 6.04 Å². The van der Waals surface area contributed by atoms with Gasteiger partial charge in [0.2, 0.25) is 5.91 Å². The van der Waals surface area contributed by atoms with Crippen molar-refractivity contribution in [2.45, 2.75) is 44.8 Å². The molecule has 1 aliphatic rings. The van der Waals surface area contributed by atoms with Crippen molar-refractivity contribution >= 4 is 12.0 Å². The van der Waals surface area contributed by atoms with Crippen LogP contribution in [0.4, 0.5) is 4.79 Å². The van der Waals surface area contributed by atoms with E-state index in [-0.39, 0.29) is 18.1 Å². The number of carbonyl (C=O) groups is 2. The Bertz CT molecular complexity index is 512. The first kappa shape index (κ1) is 15.3. The lowest BCUT2D eigenvalue weighted by Crippen LogP contribution is -2.37. The van der Waals surface area contributed by atoms with Crippen LogP contribution < -0.4 is 0 Å². The number of hydrogen-bond acceptors (Lipinski definition) is 3. The Morgan fingerprint density at radius 2 is 2.05 bits per heavy atom. The molecule has 1 fully saturated rings. The maximum Gasteiger partial charge on any atom is 0.417 e. The molecule has 2 rings (SSSR count). The van der Waals surface area contributed by atoms with Gasteiger partial charge in [0.15, 0.2) is 0 Å². The average Bonchev–Trinajstić information content (AvgIpc) is 2.79. The first-order valence-corrected chi connectivity index (χ1v) is 7.33. The highest BCUT2D eigenvalue weighted by molar-refractivity contribution is 5.93. The van der Waals surface area contributed by atoms with Crippen LogP contribution in [-0.2, 0) is 9.53 Å². The first-order chi connectivity index (χ1) is 10.1. The topological polar surface area (TPSA) is 46.6 Å². The first-order valence-electron chi connectivity index (χ1n) is 7.33. The van der Waals surface area contributed by atoms with Crippen molar-refractivity contribution < 1.29 is 14.3 Å². The Morgan fingerprint density at radius 3 is 2.71 bits per heavy atom. The normalized spacial score (nSPS) is 21.2. The van der Waals surface area contributed by atoms with Crippen molar-refractivity contribution in [2.75, 3.05) is 0 Å². The van der Waals surface area contributed by atoms with E-state index in [0.29, 0.717) is 6.42 Å². The Morgan fingerprint density at radius 1 is 1.33 bits per heavy atom. The zero-order chi connectivity index (χ0) is 15.2. The minimum Gasteiger partial charge on any atom is -0.439 e. The molecule has 0 radical (unpaired) electrons. The molecule has 21 heavy (non-hydrogen) atoms. The monoisotopic (exact) mass is 287 g/mol. The summed E-state index contributed by atoms with van der Waals surface area (Å²) in [6.07, 6.45) is 3.85. The number of allylic oxidation sites excluding steroid dienone is 1. The van der Waals surface area contributed by atoms with Crippen molar-refractivity contribution in [1.82, 2.24) is 4.90 Å². The molecule has 0 bridgehead atoms. The van der Waals surface area contributed by atoms with E-state index < -0.39 is 6.09 Å². The molecule has 4 nitrogen and oxygen atoms in total. The number of hydrogen-bond donors (Lipinski definition) is 0. The highest BCUT2D eigenvalue weighted by atomic mass is 16.6. The molecule has 4 heteroatoms. The smallest absolute Gasteiger partial charge is 0.417 e. The van der Waals surface area contributed by atoms with Crippen LogP contribution >= 0.6 is 0 Å². The van der Waals surface area contributed by atoms with E-state index in [1.54, 1.807) is 0 Å². The fourth-order valence-corrected chi connectivity index (χ4v) is 2.57. The van der Waals surface area contributed by atoms with Crippen LogP contribution in [0.1, 0.15) is 44.3 Å². The van der Waals surface area contributed by atoms with Gasteiger partial charge in [-0.25, -0.2) is 9.69 Å². The number of nitrogens with zero attached hydrogens (tertiary/aromatic N) is 1. The summed E-state index contributed by atoms with van der Waals surface area (Å²) >= 11 is 0. The quantitative estimate of drug-likeness (QED) is 0.590.